The van der Waals surface area contributed by atoms with Crippen molar-refractivity contribution in [3.63, 3.8) is 0 Å². The average molecular weight is 495 g/mol. The Balaban J connectivity index is 1.51. The molecule has 0 spiro atoms. The van der Waals surface area contributed by atoms with Crippen LogP contribution in [0.2, 0.25) is 0 Å². The van der Waals surface area contributed by atoms with Crippen LogP contribution in [-0.2, 0) is 26.0 Å². The summed E-state index contributed by atoms with van der Waals surface area (Å²) in [6.45, 7) is 2.59. The van der Waals surface area contributed by atoms with E-state index in [1.54, 1.807) is 21.1 Å². The van der Waals surface area contributed by atoms with Crippen LogP contribution in [0, 0.1) is 5.92 Å². The lowest BCUT2D eigenvalue weighted by molar-refractivity contribution is -0.126. The molecule has 0 unspecified atom stereocenters. The summed E-state index contributed by atoms with van der Waals surface area (Å²) in [5.74, 6) is 0.152. The number of piperidine rings is 1. The third kappa shape index (κ3) is 5.89. The van der Waals surface area contributed by atoms with Gasteiger partial charge in [0.2, 0.25) is 16.8 Å². The number of benzene rings is 1. The molecule has 34 heavy (non-hydrogen) atoms. The van der Waals surface area contributed by atoms with E-state index in [1.807, 2.05) is 18.2 Å². The Hall–Kier alpha value is -3.05. The average Bonchev–Trinajstić information content (AvgIpc) is 3.35. The highest BCUT2D eigenvalue weighted by molar-refractivity contribution is 7.89. The number of ether oxygens (including phenoxy) is 3. The monoisotopic (exact) mass is 494 g/mol. The van der Waals surface area contributed by atoms with Crippen LogP contribution >= 0.6 is 0 Å². The molecule has 11 heteroatoms. The van der Waals surface area contributed by atoms with Gasteiger partial charge in [0.25, 0.3) is 10.0 Å². The molecule has 1 amide bonds. The van der Waals surface area contributed by atoms with Gasteiger partial charge in [-0.3, -0.25) is 4.79 Å². The fraction of sp³-hybridized carbons (Fsp3) is 0.478. The van der Waals surface area contributed by atoms with Crippen molar-refractivity contribution in [1.82, 2.24) is 9.62 Å². The lowest BCUT2D eigenvalue weighted by Crippen LogP contribution is -2.43. The Morgan fingerprint density at radius 2 is 1.85 bits per heavy atom. The van der Waals surface area contributed by atoms with Gasteiger partial charge in [-0.25, -0.2) is 13.2 Å². The molecule has 0 aliphatic carbocycles. The lowest BCUT2D eigenvalue weighted by atomic mass is 9.97. The van der Waals surface area contributed by atoms with E-state index in [2.05, 4.69) is 5.32 Å². The zero-order valence-corrected chi connectivity index (χ0v) is 20.4. The van der Waals surface area contributed by atoms with E-state index in [4.69, 9.17) is 18.6 Å². The van der Waals surface area contributed by atoms with Gasteiger partial charge in [-0.1, -0.05) is 0 Å². The van der Waals surface area contributed by atoms with Crippen LogP contribution in [0.1, 0.15) is 35.9 Å². The van der Waals surface area contributed by atoms with E-state index >= 15 is 0 Å². The van der Waals surface area contributed by atoms with E-state index in [-0.39, 0.29) is 42.4 Å². The number of esters is 1. The van der Waals surface area contributed by atoms with Crippen molar-refractivity contribution in [2.75, 3.05) is 40.5 Å². The maximum atomic E-state index is 12.9. The molecule has 0 saturated carbocycles. The number of carbonyl (C=O) groups is 2. The molecule has 1 aromatic carbocycles. The maximum absolute atomic E-state index is 12.9. The highest BCUT2D eigenvalue weighted by Crippen LogP contribution is 2.26. The van der Waals surface area contributed by atoms with Crippen LogP contribution in [0.5, 0.6) is 11.5 Å². The largest absolute Gasteiger partial charge is 0.497 e. The number of methoxy groups -OCH3 is 2. The van der Waals surface area contributed by atoms with Gasteiger partial charge in [0.1, 0.15) is 11.5 Å². The minimum Gasteiger partial charge on any atom is -0.497 e. The van der Waals surface area contributed by atoms with Crippen LogP contribution in [-0.4, -0.2) is 65.1 Å². The first kappa shape index (κ1) is 25.6. The van der Waals surface area contributed by atoms with E-state index in [1.165, 1.54) is 16.4 Å². The molecule has 0 atom stereocenters. The van der Waals surface area contributed by atoms with Crippen LogP contribution in [0.3, 0.4) is 0 Å². The van der Waals surface area contributed by atoms with E-state index < -0.39 is 16.0 Å². The second-order valence-corrected chi connectivity index (χ2v) is 9.61. The Morgan fingerprint density at radius 3 is 2.50 bits per heavy atom. The first-order chi connectivity index (χ1) is 16.3. The summed E-state index contributed by atoms with van der Waals surface area (Å²) in [5.41, 5.74) is 0.920. The van der Waals surface area contributed by atoms with Crippen LogP contribution in [0.25, 0.3) is 0 Å². The number of hydrogen-bond acceptors (Lipinski definition) is 8. The number of carbonyl (C=O) groups excluding carboxylic acids is 2. The molecule has 1 aromatic heterocycles. The molecule has 3 rings (SSSR count). The summed E-state index contributed by atoms with van der Waals surface area (Å²) in [5, 5.41) is 2.62. The van der Waals surface area contributed by atoms with Gasteiger partial charge in [-0.05, 0) is 62.1 Å². The lowest BCUT2D eigenvalue weighted by Gasteiger charge is -2.29. The predicted molar refractivity (Wildman–Crippen MR) is 122 cm³/mol. The number of hydrogen-bond donors (Lipinski definition) is 1. The van der Waals surface area contributed by atoms with Gasteiger partial charge >= 0.3 is 5.97 Å². The molecule has 0 radical (unpaired) electrons. The van der Waals surface area contributed by atoms with Gasteiger partial charge in [-0.15, -0.1) is 0 Å². The third-order valence-corrected chi connectivity index (χ3v) is 7.43. The van der Waals surface area contributed by atoms with Crippen LogP contribution < -0.4 is 14.8 Å². The highest BCUT2D eigenvalue weighted by atomic mass is 32.2. The van der Waals surface area contributed by atoms with Gasteiger partial charge < -0.3 is 23.9 Å². The number of nitrogens with one attached hydrogen (secondary N) is 1. The molecule has 1 N–H and O–H groups in total. The zero-order chi connectivity index (χ0) is 24.7. The second kappa shape index (κ2) is 11.4. The number of nitrogens with zero attached hydrogens (tertiary/aromatic N) is 1. The molecular formula is C23H30N2O8S. The first-order valence-electron chi connectivity index (χ1n) is 11.1. The summed E-state index contributed by atoms with van der Waals surface area (Å²) in [7, 11) is -0.727. The quantitative estimate of drug-likeness (QED) is 0.499. The molecule has 2 heterocycles. The molecule has 10 nitrogen and oxygen atoms in total. The van der Waals surface area contributed by atoms with Crippen molar-refractivity contribution in [2.45, 2.75) is 31.3 Å². The molecule has 1 fully saturated rings. The van der Waals surface area contributed by atoms with Crippen molar-refractivity contribution in [3.05, 3.63) is 41.7 Å². The van der Waals surface area contributed by atoms with Crippen LogP contribution in [0.15, 0.2) is 39.8 Å². The minimum atomic E-state index is -3.90. The Kier molecular flexibility index (Phi) is 8.56. The topological polar surface area (TPSA) is 124 Å². The number of rotatable bonds is 10. The fourth-order valence-electron chi connectivity index (χ4n) is 3.80. The van der Waals surface area contributed by atoms with E-state index in [9.17, 15) is 18.0 Å². The fourth-order valence-corrected chi connectivity index (χ4v) is 5.18. The summed E-state index contributed by atoms with van der Waals surface area (Å²) in [4.78, 5) is 24.4. The molecule has 1 aliphatic rings. The zero-order valence-electron chi connectivity index (χ0n) is 19.5. The molecule has 0 bridgehead atoms. The Morgan fingerprint density at radius 1 is 1.12 bits per heavy atom. The van der Waals surface area contributed by atoms with Gasteiger partial charge in [0, 0.05) is 25.6 Å². The summed E-state index contributed by atoms with van der Waals surface area (Å²) in [6, 6.07) is 8.02. The van der Waals surface area contributed by atoms with Crippen molar-refractivity contribution in [2.24, 2.45) is 5.92 Å². The van der Waals surface area contributed by atoms with Gasteiger partial charge in [0.15, 0.2) is 0 Å². The molecule has 1 aliphatic heterocycles. The smallest absolute Gasteiger partial charge is 0.374 e. The summed E-state index contributed by atoms with van der Waals surface area (Å²) in [6.07, 6.45) is 1.35. The van der Waals surface area contributed by atoms with Gasteiger partial charge in [-0.2, -0.15) is 4.31 Å². The second-order valence-electron chi connectivity index (χ2n) is 7.74. The SMILES string of the molecule is CCOC(=O)c1ccc(S(=O)(=O)N2CCC(C(=O)NCCc3cc(OC)ccc3OC)CC2)o1. The number of sulfonamides is 1. The van der Waals surface area contributed by atoms with E-state index in [0.29, 0.717) is 31.6 Å². The first-order valence-corrected chi connectivity index (χ1v) is 12.5. The van der Waals surface area contributed by atoms with Crippen molar-refractivity contribution in [3.8, 4) is 11.5 Å². The van der Waals surface area contributed by atoms with Crippen molar-refractivity contribution in [1.29, 1.82) is 0 Å². The Labute approximate surface area is 199 Å². The molecular weight excluding hydrogens is 464 g/mol. The third-order valence-electron chi connectivity index (χ3n) is 5.66. The van der Waals surface area contributed by atoms with Crippen molar-refractivity contribution < 1.29 is 36.6 Å². The predicted octanol–water partition coefficient (Wildman–Crippen LogP) is 2.23. The maximum Gasteiger partial charge on any atom is 0.374 e. The Bertz CT molecular complexity index is 1100. The van der Waals surface area contributed by atoms with Crippen LogP contribution in [0.4, 0.5) is 0 Å². The van der Waals surface area contributed by atoms with Gasteiger partial charge in [0.05, 0.1) is 20.8 Å². The standard InChI is InChI=1S/C23H30N2O8S/c1-4-32-23(27)20-7-8-21(33-20)34(28,29)25-13-10-16(11-14-25)22(26)24-12-9-17-15-18(30-2)5-6-19(17)31-3/h5-8,15-16H,4,9-14H2,1-3H3,(H,24,26). The normalized spacial score (nSPS) is 15.0. The highest BCUT2D eigenvalue weighted by Gasteiger charge is 2.34. The summed E-state index contributed by atoms with van der Waals surface area (Å²) < 4.78 is 47.6. The summed E-state index contributed by atoms with van der Waals surface area (Å²) >= 11 is 0. The molecule has 2 aromatic rings. The molecule has 186 valence electrons. The minimum absolute atomic E-state index is 0.110. The number of furan rings is 1. The van der Waals surface area contributed by atoms with E-state index in [0.717, 1.165) is 11.3 Å². The number of amides is 1. The molecule has 1 saturated heterocycles. The van der Waals surface area contributed by atoms with Crippen molar-refractivity contribution >= 4 is 21.9 Å².